The number of benzene rings is 4. The standard InChI is InChI=1S/C33H24Cl2N2O5/c1-2-14-39-24-10-7-20(8-11-24)33(38)41-26-12-13-27-30(17-26)42-32(37)28(18-36)31(27)21-4-3-5-25(15-21)40-19-22-6-9-23(34)16-29(22)35/h2-13,15-17,31H,1,14,19,37H2. The molecule has 2 N–H and O–H groups in total. The number of nitrogens with zero attached hydrogens (tertiary/aromatic N) is 1. The van der Waals surface area contributed by atoms with Crippen LogP contribution in [0.4, 0.5) is 0 Å². The van der Waals surface area contributed by atoms with Crippen LogP contribution in [0.5, 0.6) is 23.0 Å². The van der Waals surface area contributed by atoms with E-state index in [4.69, 9.17) is 47.9 Å². The van der Waals surface area contributed by atoms with E-state index in [1.165, 1.54) is 0 Å². The number of hydrogen-bond donors (Lipinski definition) is 1. The topological polar surface area (TPSA) is 104 Å². The third-order valence-electron chi connectivity index (χ3n) is 6.46. The van der Waals surface area contributed by atoms with Crippen molar-refractivity contribution < 1.29 is 23.7 Å². The summed E-state index contributed by atoms with van der Waals surface area (Å²) >= 11 is 12.3. The summed E-state index contributed by atoms with van der Waals surface area (Å²) in [6.45, 7) is 4.20. The Labute approximate surface area is 252 Å². The van der Waals surface area contributed by atoms with E-state index in [1.54, 1.807) is 66.7 Å². The zero-order chi connectivity index (χ0) is 29.6. The van der Waals surface area contributed by atoms with Gasteiger partial charge < -0.3 is 24.7 Å². The molecule has 42 heavy (non-hydrogen) atoms. The van der Waals surface area contributed by atoms with E-state index in [1.807, 2.05) is 24.3 Å². The molecule has 1 aliphatic heterocycles. The van der Waals surface area contributed by atoms with Crippen LogP contribution in [0.2, 0.25) is 10.0 Å². The molecule has 4 aromatic rings. The van der Waals surface area contributed by atoms with Crippen LogP contribution in [-0.2, 0) is 6.61 Å². The Hall–Kier alpha value is -4.90. The molecule has 0 fully saturated rings. The number of hydrogen-bond acceptors (Lipinski definition) is 7. The second kappa shape index (κ2) is 12.7. The van der Waals surface area contributed by atoms with Crippen LogP contribution < -0.4 is 24.7 Å². The highest BCUT2D eigenvalue weighted by Crippen LogP contribution is 2.44. The molecule has 0 amide bonds. The summed E-state index contributed by atoms with van der Waals surface area (Å²) in [6, 6.07) is 26.3. The molecule has 1 unspecified atom stereocenters. The van der Waals surface area contributed by atoms with Gasteiger partial charge in [-0.1, -0.05) is 60.1 Å². The van der Waals surface area contributed by atoms with E-state index in [2.05, 4.69) is 12.6 Å². The maximum Gasteiger partial charge on any atom is 0.343 e. The third-order valence-corrected chi connectivity index (χ3v) is 7.05. The lowest BCUT2D eigenvalue weighted by Gasteiger charge is -2.27. The van der Waals surface area contributed by atoms with Crippen molar-refractivity contribution in [2.45, 2.75) is 12.5 Å². The van der Waals surface area contributed by atoms with Crippen LogP contribution in [0, 0.1) is 11.3 Å². The number of esters is 1. The number of allylic oxidation sites excluding steroid dienone is 1. The summed E-state index contributed by atoms with van der Waals surface area (Å²) in [5, 5.41) is 11.0. The van der Waals surface area contributed by atoms with E-state index >= 15 is 0 Å². The summed E-state index contributed by atoms with van der Waals surface area (Å²) in [6.07, 6.45) is 1.64. The van der Waals surface area contributed by atoms with Crippen molar-refractivity contribution >= 4 is 29.2 Å². The van der Waals surface area contributed by atoms with Gasteiger partial charge in [0.15, 0.2) is 0 Å². The molecular weight excluding hydrogens is 575 g/mol. The number of carbonyl (C=O) groups excluding carboxylic acids is 1. The number of nitrogens with two attached hydrogens (primary N) is 1. The summed E-state index contributed by atoms with van der Waals surface area (Å²) in [5.41, 5.74) is 9.01. The smallest absolute Gasteiger partial charge is 0.343 e. The predicted molar refractivity (Wildman–Crippen MR) is 160 cm³/mol. The number of rotatable bonds is 9. The molecule has 0 bridgehead atoms. The van der Waals surface area contributed by atoms with Gasteiger partial charge in [-0.05, 0) is 60.2 Å². The van der Waals surface area contributed by atoms with Crippen LogP contribution in [0.1, 0.15) is 33.0 Å². The molecule has 1 heterocycles. The van der Waals surface area contributed by atoms with E-state index in [9.17, 15) is 10.1 Å². The van der Waals surface area contributed by atoms with Gasteiger partial charge in [-0.2, -0.15) is 5.26 Å². The summed E-state index contributed by atoms with van der Waals surface area (Å²) < 4.78 is 22.8. The molecule has 7 nitrogen and oxygen atoms in total. The Bertz CT molecular complexity index is 1730. The Morgan fingerprint density at radius 3 is 2.50 bits per heavy atom. The Balaban J connectivity index is 1.37. The van der Waals surface area contributed by atoms with Crippen molar-refractivity contribution in [2.24, 2.45) is 5.73 Å². The molecule has 4 aromatic carbocycles. The van der Waals surface area contributed by atoms with Crippen LogP contribution in [0.25, 0.3) is 0 Å². The normalized spacial score (nSPS) is 13.8. The Morgan fingerprint density at radius 1 is 0.976 bits per heavy atom. The van der Waals surface area contributed by atoms with Gasteiger partial charge in [-0.25, -0.2) is 4.79 Å². The van der Waals surface area contributed by atoms with E-state index in [0.717, 1.165) is 11.1 Å². The molecule has 1 aliphatic rings. The first-order valence-electron chi connectivity index (χ1n) is 12.8. The molecular formula is C33H24Cl2N2O5. The maximum absolute atomic E-state index is 12.8. The average Bonchev–Trinajstić information content (AvgIpc) is 2.99. The second-order valence-electron chi connectivity index (χ2n) is 9.23. The minimum absolute atomic E-state index is 0.0344. The molecule has 9 heteroatoms. The van der Waals surface area contributed by atoms with Gasteiger partial charge in [0.25, 0.3) is 0 Å². The Morgan fingerprint density at radius 2 is 1.76 bits per heavy atom. The SMILES string of the molecule is C=CCOc1ccc(C(=O)Oc2ccc3c(c2)OC(N)=C(C#N)C3c2cccc(OCc3ccc(Cl)cc3Cl)c2)cc1. The van der Waals surface area contributed by atoms with Crippen LogP contribution in [-0.4, -0.2) is 12.6 Å². The number of carbonyl (C=O) groups is 1. The van der Waals surface area contributed by atoms with Gasteiger partial charge >= 0.3 is 5.97 Å². The largest absolute Gasteiger partial charge is 0.490 e. The van der Waals surface area contributed by atoms with Gasteiger partial charge in [0.1, 0.15) is 47.9 Å². The fraction of sp³-hybridized carbons (Fsp3) is 0.0909. The third kappa shape index (κ3) is 6.36. The zero-order valence-electron chi connectivity index (χ0n) is 22.2. The van der Waals surface area contributed by atoms with E-state index in [-0.39, 0.29) is 23.8 Å². The first-order chi connectivity index (χ1) is 20.4. The first-order valence-corrected chi connectivity index (χ1v) is 13.6. The second-order valence-corrected chi connectivity index (χ2v) is 10.1. The highest BCUT2D eigenvalue weighted by Gasteiger charge is 2.31. The van der Waals surface area contributed by atoms with Gasteiger partial charge in [0.05, 0.1) is 11.5 Å². The number of halogens is 2. The molecule has 1 atom stereocenters. The highest BCUT2D eigenvalue weighted by atomic mass is 35.5. The van der Waals surface area contributed by atoms with E-state index in [0.29, 0.717) is 45.0 Å². The van der Waals surface area contributed by atoms with Crippen molar-refractivity contribution in [3.05, 3.63) is 141 Å². The maximum atomic E-state index is 12.8. The van der Waals surface area contributed by atoms with Crippen LogP contribution in [0.15, 0.2) is 109 Å². The molecule has 0 spiro atoms. The van der Waals surface area contributed by atoms with Gasteiger partial charge in [-0.15, -0.1) is 0 Å². The average molecular weight is 599 g/mol. The summed E-state index contributed by atoms with van der Waals surface area (Å²) in [5.74, 6) is 0.697. The van der Waals surface area contributed by atoms with Gasteiger partial charge in [0.2, 0.25) is 5.88 Å². The zero-order valence-corrected chi connectivity index (χ0v) is 23.7. The lowest BCUT2D eigenvalue weighted by Crippen LogP contribution is -2.21. The summed E-state index contributed by atoms with van der Waals surface area (Å²) in [4.78, 5) is 12.8. The quantitative estimate of drug-likeness (QED) is 0.120. The summed E-state index contributed by atoms with van der Waals surface area (Å²) in [7, 11) is 0. The lowest BCUT2D eigenvalue weighted by molar-refractivity contribution is 0.0734. The van der Waals surface area contributed by atoms with Crippen molar-refractivity contribution in [3.63, 3.8) is 0 Å². The lowest BCUT2D eigenvalue weighted by atomic mass is 9.83. The Kier molecular flexibility index (Phi) is 8.68. The monoisotopic (exact) mass is 598 g/mol. The fourth-order valence-corrected chi connectivity index (χ4v) is 4.90. The molecule has 0 aliphatic carbocycles. The number of fused-ring (bicyclic) bond motifs is 1. The van der Waals surface area contributed by atoms with Gasteiger partial charge in [0, 0.05) is 27.2 Å². The molecule has 0 aromatic heterocycles. The molecule has 0 saturated heterocycles. The molecule has 5 rings (SSSR count). The molecule has 210 valence electrons. The van der Waals surface area contributed by atoms with Crippen LogP contribution in [0.3, 0.4) is 0 Å². The fourth-order valence-electron chi connectivity index (χ4n) is 4.43. The van der Waals surface area contributed by atoms with Gasteiger partial charge in [-0.3, -0.25) is 0 Å². The van der Waals surface area contributed by atoms with Crippen molar-refractivity contribution in [1.29, 1.82) is 5.26 Å². The number of nitriles is 1. The van der Waals surface area contributed by atoms with Crippen LogP contribution >= 0.6 is 23.2 Å². The van der Waals surface area contributed by atoms with Crippen molar-refractivity contribution in [1.82, 2.24) is 0 Å². The molecule has 0 saturated carbocycles. The highest BCUT2D eigenvalue weighted by molar-refractivity contribution is 6.35. The molecule has 0 radical (unpaired) electrons. The minimum Gasteiger partial charge on any atom is -0.490 e. The first kappa shape index (κ1) is 28.6. The van der Waals surface area contributed by atoms with E-state index < -0.39 is 11.9 Å². The predicted octanol–water partition coefficient (Wildman–Crippen LogP) is 7.57. The minimum atomic E-state index is -0.551. The van der Waals surface area contributed by atoms with Crippen molar-refractivity contribution in [2.75, 3.05) is 6.61 Å². The van der Waals surface area contributed by atoms with Crippen molar-refractivity contribution in [3.8, 4) is 29.1 Å². The number of ether oxygens (including phenoxy) is 4.